The van der Waals surface area contributed by atoms with Gasteiger partial charge in [-0.25, -0.2) is 4.98 Å². The van der Waals surface area contributed by atoms with Gasteiger partial charge in [0.05, 0.1) is 17.8 Å². The van der Waals surface area contributed by atoms with E-state index >= 15 is 0 Å². The normalized spacial score (nSPS) is 10.7. The third-order valence-electron chi connectivity index (χ3n) is 2.06. The Hall–Kier alpha value is -1.13. The van der Waals surface area contributed by atoms with E-state index in [4.69, 9.17) is 4.42 Å². The topological polar surface area (TPSA) is 38.1 Å². The van der Waals surface area contributed by atoms with Crippen LogP contribution in [0.4, 0.5) is 0 Å². The van der Waals surface area contributed by atoms with Crippen molar-refractivity contribution in [2.75, 3.05) is 6.54 Å². The largest absolute Gasteiger partial charge is 0.468 e. The highest BCUT2D eigenvalue weighted by atomic mass is 32.1. The van der Waals surface area contributed by atoms with Crippen LogP contribution in [0.2, 0.25) is 0 Å². The molecule has 0 aliphatic heterocycles. The van der Waals surface area contributed by atoms with Gasteiger partial charge in [0.1, 0.15) is 5.76 Å². The van der Waals surface area contributed by atoms with Gasteiger partial charge in [0.15, 0.2) is 0 Å². The summed E-state index contributed by atoms with van der Waals surface area (Å²) < 4.78 is 5.21. The van der Waals surface area contributed by atoms with Gasteiger partial charge >= 0.3 is 0 Å². The first-order valence-corrected chi connectivity index (χ1v) is 5.80. The van der Waals surface area contributed by atoms with Crippen molar-refractivity contribution in [1.82, 2.24) is 10.3 Å². The Labute approximate surface area is 93.2 Å². The van der Waals surface area contributed by atoms with Gasteiger partial charge < -0.3 is 9.73 Å². The van der Waals surface area contributed by atoms with Crippen LogP contribution in [0.15, 0.2) is 29.0 Å². The fourth-order valence-corrected chi connectivity index (χ4v) is 2.12. The van der Waals surface area contributed by atoms with Crippen LogP contribution in [0.5, 0.6) is 0 Å². The number of aromatic nitrogens is 1. The first-order chi connectivity index (χ1) is 7.34. The van der Waals surface area contributed by atoms with Crippen molar-refractivity contribution in [2.45, 2.75) is 19.9 Å². The number of nitrogens with one attached hydrogen (secondary N) is 1. The molecule has 0 bridgehead atoms. The van der Waals surface area contributed by atoms with Crippen LogP contribution < -0.4 is 5.32 Å². The van der Waals surface area contributed by atoms with E-state index in [0.717, 1.165) is 25.3 Å². The summed E-state index contributed by atoms with van der Waals surface area (Å²) in [6.07, 6.45) is 4.60. The minimum absolute atomic E-state index is 0.789. The maximum atomic E-state index is 5.21. The molecular weight excluding hydrogens is 208 g/mol. The van der Waals surface area contributed by atoms with Gasteiger partial charge in [0.25, 0.3) is 0 Å². The Morgan fingerprint density at radius 3 is 3.13 bits per heavy atom. The van der Waals surface area contributed by atoms with E-state index in [-0.39, 0.29) is 0 Å². The molecule has 2 aromatic rings. The molecule has 80 valence electrons. The standard InChI is InChI=1S/C11H14N2OS/c1-9-7-13-11(15-9)4-5-12-8-10-3-2-6-14-10/h2-3,6-7,12H,4-5,8H2,1H3. The molecule has 0 aliphatic rings. The number of rotatable bonds is 5. The molecule has 4 heteroatoms. The molecule has 0 saturated carbocycles. The Kier molecular flexibility index (Phi) is 3.53. The summed E-state index contributed by atoms with van der Waals surface area (Å²) in [5.74, 6) is 0.977. The number of hydrogen-bond acceptors (Lipinski definition) is 4. The van der Waals surface area contributed by atoms with E-state index < -0.39 is 0 Å². The Morgan fingerprint density at radius 1 is 1.53 bits per heavy atom. The van der Waals surface area contributed by atoms with Gasteiger partial charge in [-0.3, -0.25) is 0 Å². The molecule has 2 aromatic heterocycles. The van der Waals surface area contributed by atoms with E-state index in [9.17, 15) is 0 Å². The SMILES string of the molecule is Cc1cnc(CCNCc2ccco2)s1. The number of hydrogen-bond donors (Lipinski definition) is 1. The second kappa shape index (κ2) is 5.09. The second-order valence-corrected chi connectivity index (χ2v) is 4.69. The van der Waals surface area contributed by atoms with Crippen LogP contribution >= 0.6 is 11.3 Å². The Balaban J connectivity index is 1.67. The van der Waals surface area contributed by atoms with Gasteiger partial charge in [0, 0.05) is 24.0 Å². The first-order valence-electron chi connectivity index (χ1n) is 4.99. The molecule has 2 heterocycles. The zero-order valence-electron chi connectivity index (χ0n) is 8.69. The summed E-state index contributed by atoms with van der Waals surface area (Å²) in [6, 6.07) is 3.88. The molecule has 0 unspecified atom stereocenters. The quantitative estimate of drug-likeness (QED) is 0.789. The third kappa shape index (κ3) is 3.18. The van der Waals surface area contributed by atoms with Gasteiger partial charge in [-0.05, 0) is 19.1 Å². The highest BCUT2D eigenvalue weighted by Crippen LogP contribution is 2.11. The molecule has 1 N–H and O–H groups in total. The summed E-state index contributed by atoms with van der Waals surface area (Å²) >= 11 is 1.76. The fraction of sp³-hybridized carbons (Fsp3) is 0.364. The minimum atomic E-state index is 0.789. The van der Waals surface area contributed by atoms with Crippen LogP contribution in [0.3, 0.4) is 0 Å². The van der Waals surface area contributed by atoms with Gasteiger partial charge in [-0.2, -0.15) is 0 Å². The minimum Gasteiger partial charge on any atom is -0.468 e. The van der Waals surface area contributed by atoms with E-state index in [1.165, 1.54) is 9.88 Å². The molecule has 3 nitrogen and oxygen atoms in total. The van der Waals surface area contributed by atoms with Crippen molar-refractivity contribution >= 4 is 11.3 Å². The monoisotopic (exact) mass is 222 g/mol. The van der Waals surface area contributed by atoms with E-state index in [1.54, 1.807) is 17.6 Å². The number of thiazole rings is 1. The van der Waals surface area contributed by atoms with Crippen molar-refractivity contribution in [3.05, 3.63) is 40.2 Å². The van der Waals surface area contributed by atoms with Crippen LogP contribution in [0, 0.1) is 6.92 Å². The van der Waals surface area contributed by atoms with Crippen LogP contribution in [-0.2, 0) is 13.0 Å². The zero-order chi connectivity index (χ0) is 10.5. The van der Waals surface area contributed by atoms with Crippen molar-refractivity contribution in [3.8, 4) is 0 Å². The molecule has 0 amide bonds. The fourth-order valence-electron chi connectivity index (χ4n) is 1.34. The lowest BCUT2D eigenvalue weighted by atomic mass is 10.4. The lowest BCUT2D eigenvalue weighted by Crippen LogP contribution is -2.16. The molecule has 0 fully saturated rings. The predicted molar refractivity (Wildman–Crippen MR) is 61.0 cm³/mol. The summed E-state index contributed by atoms with van der Waals surface area (Å²) in [6.45, 7) is 3.81. The van der Waals surface area contributed by atoms with Crippen molar-refractivity contribution in [3.63, 3.8) is 0 Å². The van der Waals surface area contributed by atoms with Gasteiger partial charge in [-0.15, -0.1) is 11.3 Å². The molecule has 0 spiro atoms. The maximum absolute atomic E-state index is 5.21. The lowest BCUT2D eigenvalue weighted by Gasteiger charge is -1.99. The predicted octanol–water partition coefficient (Wildman–Crippen LogP) is 2.38. The molecule has 0 saturated heterocycles. The second-order valence-electron chi connectivity index (χ2n) is 3.37. The molecular formula is C11H14N2OS. The van der Waals surface area contributed by atoms with E-state index in [1.807, 2.05) is 18.3 Å². The van der Waals surface area contributed by atoms with Gasteiger partial charge in [-0.1, -0.05) is 0 Å². The maximum Gasteiger partial charge on any atom is 0.117 e. The van der Waals surface area contributed by atoms with Gasteiger partial charge in [0.2, 0.25) is 0 Å². The average Bonchev–Trinajstić information content (AvgIpc) is 2.84. The van der Waals surface area contributed by atoms with E-state index in [2.05, 4.69) is 17.2 Å². The highest BCUT2D eigenvalue weighted by molar-refractivity contribution is 7.11. The summed E-state index contributed by atoms with van der Waals surface area (Å²) in [7, 11) is 0. The average molecular weight is 222 g/mol. The number of furan rings is 1. The first kappa shape index (κ1) is 10.4. The van der Waals surface area contributed by atoms with Crippen LogP contribution in [0.1, 0.15) is 15.6 Å². The van der Waals surface area contributed by atoms with Crippen molar-refractivity contribution in [1.29, 1.82) is 0 Å². The third-order valence-corrected chi connectivity index (χ3v) is 3.04. The summed E-state index contributed by atoms with van der Waals surface area (Å²) in [5.41, 5.74) is 0. The number of aryl methyl sites for hydroxylation is 1. The van der Waals surface area contributed by atoms with Crippen LogP contribution in [0.25, 0.3) is 0 Å². The Bertz CT molecular complexity index is 394. The summed E-state index contributed by atoms with van der Waals surface area (Å²) in [4.78, 5) is 5.58. The number of nitrogens with zero attached hydrogens (tertiary/aromatic N) is 1. The zero-order valence-corrected chi connectivity index (χ0v) is 9.51. The summed E-state index contributed by atoms with van der Waals surface area (Å²) in [5, 5.41) is 4.51. The Morgan fingerprint density at radius 2 is 2.47 bits per heavy atom. The molecule has 0 radical (unpaired) electrons. The molecule has 15 heavy (non-hydrogen) atoms. The molecule has 0 aromatic carbocycles. The molecule has 0 aliphatic carbocycles. The molecule has 0 atom stereocenters. The lowest BCUT2D eigenvalue weighted by molar-refractivity contribution is 0.484. The van der Waals surface area contributed by atoms with E-state index in [0.29, 0.717) is 0 Å². The van der Waals surface area contributed by atoms with Crippen molar-refractivity contribution < 1.29 is 4.42 Å². The van der Waals surface area contributed by atoms with Crippen LogP contribution in [-0.4, -0.2) is 11.5 Å². The smallest absolute Gasteiger partial charge is 0.117 e. The van der Waals surface area contributed by atoms with Crippen molar-refractivity contribution in [2.24, 2.45) is 0 Å². The highest BCUT2D eigenvalue weighted by Gasteiger charge is 1.98. The molecule has 2 rings (SSSR count).